The number of carbonyl (C=O) groups excluding carboxylic acids is 1. The Morgan fingerprint density at radius 1 is 1.06 bits per heavy atom. The molecular formula is C26H29N5O2S. The molecule has 2 aromatic heterocycles. The zero-order valence-corrected chi connectivity index (χ0v) is 20.1. The lowest BCUT2D eigenvalue weighted by Gasteiger charge is -2.22. The summed E-state index contributed by atoms with van der Waals surface area (Å²) in [5.41, 5.74) is 1.65. The predicted octanol–water partition coefficient (Wildman–Crippen LogP) is 4.27. The van der Waals surface area contributed by atoms with Crippen molar-refractivity contribution in [2.24, 2.45) is 5.92 Å². The van der Waals surface area contributed by atoms with Crippen LogP contribution in [0, 0.1) is 5.92 Å². The number of fused-ring (bicyclic) bond motifs is 3. The topological polar surface area (TPSA) is 81.3 Å². The maximum atomic E-state index is 13.3. The average molecular weight is 476 g/mol. The predicted molar refractivity (Wildman–Crippen MR) is 135 cm³/mol. The Balaban J connectivity index is 1.45. The molecule has 0 saturated heterocycles. The summed E-state index contributed by atoms with van der Waals surface area (Å²) in [6.07, 6.45) is 6.21. The molecule has 1 aliphatic rings. The molecule has 8 heteroatoms. The Kier molecular flexibility index (Phi) is 6.67. The van der Waals surface area contributed by atoms with Gasteiger partial charge in [-0.05, 0) is 43.4 Å². The number of thioether (sulfide) groups is 1. The second-order valence-corrected chi connectivity index (χ2v) is 10.3. The Bertz CT molecular complexity index is 1360. The van der Waals surface area contributed by atoms with E-state index in [9.17, 15) is 9.59 Å². The summed E-state index contributed by atoms with van der Waals surface area (Å²) in [5.74, 6) is 1.07. The lowest BCUT2D eigenvalue weighted by Crippen LogP contribution is -2.35. The van der Waals surface area contributed by atoms with E-state index in [-0.39, 0.29) is 16.7 Å². The zero-order chi connectivity index (χ0) is 23.5. The zero-order valence-electron chi connectivity index (χ0n) is 19.3. The lowest BCUT2D eigenvalue weighted by atomic mass is 9.89. The lowest BCUT2D eigenvalue weighted by molar-refractivity contribution is -0.120. The molecule has 1 amide bonds. The monoisotopic (exact) mass is 475 g/mol. The van der Waals surface area contributed by atoms with Gasteiger partial charge in [0.2, 0.25) is 11.7 Å². The van der Waals surface area contributed by atoms with E-state index in [4.69, 9.17) is 0 Å². The quantitative estimate of drug-likeness (QED) is 0.404. The number of hydrogen-bond donors (Lipinski definition) is 1. The van der Waals surface area contributed by atoms with E-state index in [1.807, 2.05) is 65.9 Å². The molecule has 0 aliphatic heterocycles. The number of aromatic nitrogens is 4. The Labute approximate surface area is 202 Å². The molecule has 0 spiro atoms. The summed E-state index contributed by atoms with van der Waals surface area (Å²) >= 11 is 1.37. The van der Waals surface area contributed by atoms with Gasteiger partial charge in [-0.3, -0.25) is 18.6 Å². The van der Waals surface area contributed by atoms with Crippen molar-refractivity contribution in [3.05, 3.63) is 70.5 Å². The molecule has 5 rings (SSSR count). The molecule has 4 aromatic rings. The van der Waals surface area contributed by atoms with Crippen molar-refractivity contribution in [2.45, 2.75) is 56.0 Å². The number of carbonyl (C=O) groups is 1. The van der Waals surface area contributed by atoms with Crippen molar-refractivity contribution < 1.29 is 4.79 Å². The van der Waals surface area contributed by atoms with Crippen molar-refractivity contribution in [3.8, 4) is 0 Å². The van der Waals surface area contributed by atoms with E-state index in [2.05, 4.69) is 15.5 Å². The van der Waals surface area contributed by atoms with Gasteiger partial charge in [-0.1, -0.05) is 73.5 Å². The van der Waals surface area contributed by atoms with Crippen LogP contribution in [0.2, 0.25) is 0 Å². The fourth-order valence-corrected chi connectivity index (χ4v) is 5.59. The van der Waals surface area contributed by atoms with Crippen LogP contribution in [0.4, 0.5) is 0 Å². The Morgan fingerprint density at radius 2 is 1.79 bits per heavy atom. The van der Waals surface area contributed by atoms with E-state index >= 15 is 0 Å². The van der Waals surface area contributed by atoms with Crippen LogP contribution in [-0.2, 0) is 11.3 Å². The summed E-state index contributed by atoms with van der Waals surface area (Å²) in [6.45, 7) is 3.03. The number of benzene rings is 2. The molecular weight excluding hydrogens is 446 g/mol. The SMILES string of the molecule is C[C@@H](Sc1nnc2n(Cc3ccccc3)c(=O)c3ccccc3n12)C(=O)NCC1CCCCC1. The van der Waals surface area contributed by atoms with E-state index in [0.29, 0.717) is 28.8 Å². The Hall–Kier alpha value is -3.13. The highest BCUT2D eigenvalue weighted by Gasteiger charge is 2.22. The van der Waals surface area contributed by atoms with Gasteiger partial charge >= 0.3 is 0 Å². The van der Waals surface area contributed by atoms with Gasteiger partial charge in [0, 0.05) is 6.54 Å². The molecule has 1 fully saturated rings. The van der Waals surface area contributed by atoms with Crippen LogP contribution < -0.4 is 10.9 Å². The van der Waals surface area contributed by atoms with Crippen LogP contribution in [0.3, 0.4) is 0 Å². The number of amides is 1. The third kappa shape index (κ3) is 4.59. The van der Waals surface area contributed by atoms with Crippen LogP contribution in [0.1, 0.15) is 44.6 Å². The number of hydrogen-bond acceptors (Lipinski definition) is 5. The van der Waals surface area contributed by atoms with Gasteiger partial charge < -0.3 is 5.32 Å². The largest absolute Gasteiger partial charge is 0.355 e. The fraction of sp³-hybridized carbons (Fsp3) is 0.385. The van der Waals surface area contributed by atoms with E-state index < -0.39 is 0 Å². The standard InChI is InChI=1S/C26H29N5O2S/c1-18(23(32)27-16-19-10-4-2-5-11-19)34-26-29-28-25-30(17-20-12-6-3-7-13-20)24(33)21-14-8-9-15-22(21)31(25)26/h3,6-9,12-15,18-19H,2,4-5,10-11,16-17H2,1H3,(H,27,32)/t18-/m1/s1. The molecule has 2 aromatic carbocycles. The van der Waals surface area contributed by atoms with Gasteiger partial charge in [0.25, 0.3) is 5.56 Å². The highest BCUT2D eigenvalue weighted by atomic mass is 32.2. The molecule has 176 valence electrons. The van der Waals surface area contributed by atoms with Crippen LogP contribution in [0.25, 0.3) is 16.7 Å². The summed E-state index contributed by atoms with van der Waals surface area (Å²) in [5, 5.41) is 12.8. The first-order valence-corrected chi connectivity index (χ1v) is 12.8. The van der Waals surface area contributed by atoms with Gasteiger partial charge in [-0.2, -0.15) is 0 Å². The second kappa shape index (κ2) is 10.0. The first-order chi connectivity index (χ1) is 16.6. The minimum Gasteiger partial charge on any atom is -0.355 e. The molecule has 0 unspecified atom stereocenters. The minimum absolute atomic E-state index is 0.00855. The molecule has 1 atom stereocenters. The summed E-state index contributed by atoms with van der Waals surface area (Å²) in [6, 6.07) is 17.3. The van der Waals surface area contributed by atoms with Gasteiger partial charge in [-0.15, -0.1) is 10.2 Å². The normalized spacial score (nSPS) is 15.6. The number of nitrogens with zero attached hydrogens (tertiary/aromatic N) is 4. The molecule has 1 N–H and O–H groups in total. The average Bonchev–Trinajstić information content (AvgIpc) is 3.29. The van der Waals surface area contributed by atoms with E-state index in [1.165, 1.54) is 43.9 Å². The maximum absolute atomic E-state index is 13.3. The first-order valence-electron chi connectivity index (χ1n) is 12.0. The molecule has 7 nitrogen and oxygen atoms in total. The maximum Gasteiger partial charge on any atom is 0.263 e. The highest BCUT2D eigenvalue weighted by Crippen LogP contribution is 2.26. The minimum atomic E-state index is -0.329. The van der Waals surface area contributed by atoms with Crippen LogP contribution in [0.5, 0.6) is 0 Å². The smallest absolute Gasteiger partial charge is 0.263 e. The van der Waals surface area contributed by atoms with Crippen molar-refractivity contribution in [2.75, 3.05) is 6.54 Å². The number of nitrogens with one attached hydrogen (secondary N) is 1. The third-order valence-electron chi connectivity index (χ3n) is 6.60. The summed E-state index contributed by atoms with van der Waals surface area (Å²) in [7, 11) is 0. The van der Waals surface area contributed by atoms with Crippen molar-refractivity contribution in [1.82, 2.24) is 24.5 Å². The first kappa shape index (κ1) is 22.7. The van der Waals surface area contributed by atoms with Crippen LogP contribution >= 0.6 is 11.8 Å². The van der Waals surface area contributed by atoms with Gasteiger partial charge in [0.1, 0.15) is 0 Å². The van der Waals surface area contributed by atoms with Gasteiger partial charge in [-0.25, -0.2) is 0 Å². The van der Waals surface area contributed by atoms with Crippen molar-refractivity contribution >= 4 is 34.3 Å². The van der Waals surface area contributed by atoms with Crippen LogP contribution in [-0.4, -0.2) is 36.9 Å². The van der Waals surface area contributed by atoms with E-state index in [1.54, 1.807) is 4.57 Å². The summed E-state index contributed by atoms with van der Waals surface area (Å²) < 4.78 is 3.55. The third-order valence-corrected chi connectivity index (χ3v) is 7.65. The number of rotatable bonds is 7. The molecule has 1 aliphatic carbocycles. The highest BCUT2D eigenvalue weighted by molar-refractivity contribution is 8.00. The molecule has 0 radical (unpaired) electrons. The van der Waals surface area contributed by atoms with Crippen molar-refractivity contribution in [3.63, 3.8) is 0 Å². The Morgan fingerprint density at radius 3 is 2.59 bits per heavy atom. The molecule has 0 bridgehead atoms. The van der Waals surface area contributed by atoms with Gasteiger partial charge in [0.15, 0.2) is 5.16 Å². The van der Waals surface area contributed by atoms with Gasteiger partial charge in [0.05, 0.1) is 22.7 Å². The van der Waals surface area contributed by atoms with Crippen molar-refractivity contribution in [1.29, 1.82) is 0 Å². The summed E-state index contributed by atoms with van der Waals surface area (Å²) in [4.78, 5) is 26.2. The second-order valence-electron chi connectivity index (χ2n) is 9.02. The van der Waals surface area contributed by atoms with Crippen LogP contribution in [0.15, 0.2) is 64.5 Å². The fourth-order valence-electron chi connectivity index (χ4n) is 4.71. The van der Waals surface area contributed by atoms with E-state index in [0.717, 1.165) is 17.6 Å². The molecule has 2 heterocycles. The molecule has 34 heavy (non-hydrogen) atoms. The number of para-hydroxylation sites is 1. The molecule has 1 saturated carbocycles.